The van der Waals surface area contributed by atoms with E-state index in [4.69, 9.17) is 0 Å². The Kier molecular flexibility index (Phi) is 4.65. The minimum Gasteiger partial charge on any atom is -0.367 e. The van der Waals surface area contributed by atoms with E-state index >= 15 is 0 Å². The first-order valence-corrected chi connectivity index (χ1v) is 9.32. The number of urea groups is 1. The number of amides is 2. The maximum Gasteiger partial charge on any atom is 0.317 e. The second-order valence-corrected chi connectivity index (χ2v) is 6.97. The molecule has 134 valence electrons. The highest BCUT2D eigenvalue weighted by atomic mass is 16.2. The first-order valence-electron chi connectivity index (χ1n) is 9.32. The van der Waals surface area contributed by atoms with Crippen molar-refractivity contribution in [2.24, 2.45) is 0 Å². The Hall–Kier alpha value is -2.75. The van der Waals surface area contributed by atoms with Crippen molar-refractivity contribution in [2.45, 2.75) is 19.4 Å². The van der Waals surface area contributed by atoms with Crippen LogP contribution in [0.1, 0.15) is 23.1 Å². The average Bonchev–Trinajstić information content (AvgIpc) is 2.73. The zero-order valence-electron chi connectivity index (χ0n) is 15.2. The molecular weight excluding hydrogens is 322 g/mol. The van der Waals surface area contributed by atoms with Gasteiger partial charge in [0.1, 0.15) is 0 Å². The highest BCUT2D eigenvalue weighted by Crippen LogP contribution is 2.28. The van der Waals surface area contributed by atoms with E-state index in [1.807, 2.05) is 4.90 Å². The number of fused-ring (bicyclic) bond motifs is 1. The van der Waals surface area contributed by atoms with Crippen molar-refractivity contribution in [2.75, 3.05) is 31.6 Å². The number of carbonyl (C=O) groups excluding carboxylic acids is 1. The van der Waals surface area contributed by atoms with Gasteiger partial charge in [-0.3, -0.25) is 0 Å². The van der Waals surface area contributed by atoms with Crippen LogP contribution in [0.25, 0.3) is 5.57 Å². The van der Waals surface area contributed by atoms with Gasteiger partial charge in [0.2, 0.25) is 0 Å². The van der Waals surface area contributed by atoms with Gasteiger partial charge in [0.05, 0.1) is 0 Å². The van der Waals surface area contributed by atoms with E-state index < -0.39 is 0 Å². The molecule has 0 saturated heterocycles. The van der Waals surface area contributed by atoms with Crippen LogP contribution in [0.15, 0.2) is 54.6 Å². The molecular formula is C22H25N3O. The molecule has 0 saturated carbocycles. The summed E-state index contributed by atoms with van der Waals surface area (Å²) in [7, 11) is 1.68. The molecule has 4 heteroatoms. The highest BCUT2D eigenvalue weighted by molar-refractivity contribution is 5.76. The smallest absolute Gasteiger partial charge is 0.317 e. The quantitative estimate of drug-likeness (QED) is 0.899. The molecule has 2 aliphatic rings. The van der Waals surface area contributed by atoms with Crippen molar-refractivity contribution in [3.63, 3.8) is 0 Å². The van der Waals surface area contributed by atoms with Crippen LogP contribution in [0.4, 0.5) is 10.5 Å². The van der Waals surface area contributed by atoms with E-state index in [-0.39, 0.29) is 6.03 Å². The fraction of sp³-hybridized carbons (Fsp3) is 0.318. The van der Waals surface area contributed by atoms with Gasteiger partial charge in [-0.05, 0) is 47.2 Å². The molecule has 1 N–H and O–H groups in total. The standard InChI is InChI=1S/C22H25N3O/c1-23-22(26)24-13-10-19(11-14-24)18-6-8-21(9-7-18)25-15-12-17-4-2-3-5-20(17)16-25/h2-10H,11-16H2,1H3,(H,23,26). The third kappa shape index (κ3) is 3.32. The van der Waals surface area contributed by atoms with E-state index in [0.29, 0.717) is 6.54 Å². The number of hydrogen-bond donors (Lipinski definition) is 1. The monoisotopic (exact) mass is 347 g/mol. The lowest BCUT2D eigenvalue weighted by Crippen LogP contribution is -2.40. The number of nitrogens with zero attached hydrogens (tertiary/aromatic N) is 2. The van der Waals surface area contributed by atoms with Crippen LogP contribution < -0.4 is 10.2 Å². The zero-order valence-corrected chi connectivity index (χ0v) is 15.2. The third-order valence-corrected chi connectivity index (χ3v) is 5.44. The van der Waals surface area contributed by atoms with Crippen molar-refractivity contribution < 1.29 is 4.79 Å². The Labute approximate surface area is 155 Å². The molecule has 0 spiro atoms. The van der Waals surface area contributed by atoms with Crippen LogP contribution >= 0.6 is 0 Å². The van der Waals surface area contributed by atoms with Crippen molar-refractivity contribution in [3.05, 3.63) is 71.3 Å². The molecule has 0 radical (unpaired) electrons. The topological polar surface area (TPSA) is 35.6 Å². The van der Waals surface area contributed by atoms with Crippen LogP contribution in [-0.4, -0.2) is 37.6 Å². The fourth-order valence-electron chi connectivity index (χ4n) is 3.88. The Morgan fingerprint density at radius 2 is 1.73 bits per heavy atom. The molecule has 4 rings (SSSR count). The largest absolute Gasteiger partial charge is 0.367 e. The lowest BCUT2D eigenvalue weighted by atomic mass is 9.97. The second-order valence-electron chi connectivity index (χ2n) is 6.97. The number of hydrogen-bond acceptors (Lipinski definition) is 2. The molecule has 2 aromatic rings. The van der Waals surface area contributed by atoms with Gasteiger partial charge in [-0.15, -0.1) is 0 Å². The fourth-order valence-corrected chi connectivity index (χ4v) is 3.88. The molecule has 2 amide bonds. The SMILES string of the molecule is CNC(=O)N1CC=C(c2ccc(N3CCc4ccccc4C3)cc2)CC1. The van der Waals surface area contributed by atoms with Crippen LogP contribution in [0.5, 0.6) is 0 Å². The van der Waals surface area contributed by atoms with Crippen molar-refractivity contribution >= 4 is 17.3 Å². The maximum atomic E-state index is 11.7. The summed E-state index contributed by atoms with van der Waals surface area (Å²) >= 11 is 0. The summed E-state index contributed by atoms with van der Waals surface area (Å²) in [6.07, 6.45) is 4.19. The summed E-state index contributed by atoms with van der Waals surface area (Å²) in [5, 5.41) is 2.69. The summed E-state index contributed by atoms with van der Waals surface area (Å²) in [6, 6.07) is 17.6. The summed E-state index contributed by atoms with van der Waals surface area (Å²) in [5.41, 5.74) is 6.80. The van der Waals surface area contributed by atoms with Gasteiger partial charge in [-0.2, -0.15) is 0 Å². The van der Waals surface area contributed by atoms with Crippen LogP contribution in [0.2, 0.25) is 0 Å². The van der Waals surface area contributed by atoms with Gasteiger partial charge in [0.15, 0.2) is 0 Å². The van der Waals surface area contributed by atoms with Crippen molar-refractivity contribution in [1.82, 2.24) is 10.2 Å². The number of anilines is 1. The van der Waals surface area contributed by atoms with Crippen LogP contribution in [-0.2, 0) is 13.0 Å². The normalized spacial score (nSPS) is 16.7. The second kappa shape index (κ2) is 7.24. The molecule has 0 fully saturated rings. The lowest BCUT2D eigenvalue weighted by Gasteiger charge is -2.31. The summed E-state index contributed by atoms with van der Waals surface area (Å²) in [5.74, 6) is 0. The van der Waals surface area contributed by atoms with E-state index in [1.165, 1.54) is 28.0 Å². The number of rotatable bonds is 2. The number of carbonyl (C=O) groups is 1. The number of nitrogens with one attached hydrogen (secondary N) is 1. The van der Waals surface area contributed by atoms with E-state index in [2.05, 4.69) is 64.8 Å². The maximum absolute atomic E-state index is 11.7. The van der Waals surface area contributed by atoms with E-state index in [0.717, 1.165) is 32.5 Å². The molecule has 4 nitrogen and oxygen atoms in total. The zero-order chi connectivity index (χ0) is 17.9. The first kappa shape index (κ1) is 16.7. The van der Waals surface area contributed by atoms with Crippen LogP contribution in [0, 0.1) is 0 Å². The lowest BCUT2D eigenvalue weighted by molar-refractivity contribution is 0.205. The Bertz CT molecular complexity index is 826. The summed E-state index contributed by atoms with van der Waals surface area (Å²) in [6.45, 7) is 3.51. The molecule has 2 aliphatic heterocycles. The third-order valence-electron chi connectivity index (χ3n) is 5.44. The molecule has 2 heterocycles. The van der Waals surface area contributed by atoms with Crippen molar-refractivity contribution in [1.29, 1.82) is 0 Å². The van der Waals surface area contributed by atoms with Crippen molar-refractivity contribution in [3.8, 4) is 0 Å². The first-order chi connectivity index (χ1) is 12.7. The molecule has 2 aromatic carbocycles. The van der Waals surface area contributed by atoms with Gasteiger partial charge in [0.25, 0.3) is 0 Å². The van der Waals surface area contributed by atoms with E-state index in [1.54, 1.807) is 7.05 Å². The predicted octanol–water partition coefficient (Wildman–Crippen LogP) is 3.68. The Balaban J connectivity index is 1.45. The highest BCUT2D eigenvalue weighted by Gasteiger charge is 2.18. The number of benzene rings is 2. The molecule has 0 bridgehead atoms. The Morgan fingerprint density at radius 3 is 2.42 bits per heavy atom. The minimum atomic E-state index is 0.000952. The van der Waals surface area contributed by atoms with E-state index in [9.17, 15) is 4.79 Å². The van der Waals surface area contributed by atoms with Gasteiger partial charge >= 0.3 is 6.03 Å². The summed E-state index contributed by atoms with van der Waals surface area (Å²) < 4.78 is 0. The van der Waals surface area contributed by atoms with Gasteiger partial charge < -0.3 is 15.1 Å². The van der Waals surface area contributed by atoms with Gasteiger partial charge in [-0.1, -0.05) is 42.5 Å². The molecule has 0 unspecified atom stereocenters. The van der Waals surface area contributed by atoms with Crippen LogP contribution in [0.3, 0.4) is 0 Å². The molecule has 0 atom stereocenters. The predicted molar refractivity (Wildman–Crippen MR) is 106 cm³/mol. The molecule has 0 aliphatic carbocycles. The van der Waals surface area contributed by atoms with Gasteiger partial charge in [0, 0.05) is 38.9 Å². The average molecular weight is 347 g/mol. The molecule has 0 aromatic heterocycles. The Morgan fingerprint density at radius 1 is 0.962 bits per heavy atom. The van der Waals surface area contributed by atoms with Gasteiger partial charge in [-0.25, -0.2) is 4.79 Å². The summed E-state index contributed by atoms with van der Waals surface area (Å²) in [4.78, 5) is 16.0. The molecule has 26 heavy (non-hydrogen) atoms. The minimum absolute atomic E-state index is 0.000952.